The summed E-state index contributed by atoms with van der Waals surface area (Å²) in [6, 6.07) is 8.29. The first-order chi connectivity index (χ1) is 13.9. The molecule has 0 radical (unpaired) electrons. The molecule has 0 N–H and O–H groups in total. The molecule has 2 rings (SSSR count). The third-order valence-corrected chi connectivity index (χ3v) is 5.34. The minimum absolute atomic E-state index is 0.0762. The molecular weight excluding hydrogens is 352 g/mol. The van der Waals surface area contributed by atoms with Crippen molar-refractivity contribution in [3.05, 3.63) is 29.8 Å². The molecule has 0 bridgehead atoms. The van der Waals surface area contributed by atoms with Gasteiger partial charge in [-0.05, 0) is 50.2 Å². The van der Waals surface area contributed by atoms with Gasteiger partial charge in [0.2, 0.25) is 0 Å². The highest BCUT2D eigenvalue weighted by Gasteiger charge is 2.13. The second-order valence-corrected chi connectivity index (χ2v) is 7.76. The van der Waals surface area contributed by atoms with Gasteiger partial charge in [0.05, 0.1) is 0 Å². The van der Waals surface area contributed by atoms with E-state index in [0.29, 0.717) is 6.79 Å². The molecule has 0 amide bonds. The molecule has 160 valence electrons. The Bertz CT molecular complexity index is 485. The van der Waals surface area contributed by atoms with Crippen molar-refractivity contribution in [1.29, 1.82) is 0 Å². The number of hydrogen-bond acceptors (Lipinski definition) is 4. The summed E-state index contributed by atoms with van der Waals surface area (Å²) in [6.07, 6.45) is 16.4. The number of hydrogen-bond donors (Lipinski definition) is 0. The topological polar surface area (TPSA) is 36.9 Å². The number of aryl methyl sites for hydroxylation is 1. The highest BCUT2D eigenvalue weighted by Crippen LogP contribution is 2.21. The minimum atomic E-state index is 0.0762. The summed E-state index contributed by atoms with van der Waals surface area (Å²) in [5.74, 6) is 0.961. The average molecular weight is 393 g/mol. The van der Waals surface area contributed by atoms with Crippen LogP contribution in [0.5, 0.6) is 5.75 Å². The number of methoxy groups -OCH3 is 1. The van der Waals surface area contributed by atoms with Crippen LogP contribution in [0.2, 0.25) is 0 Å². The largest absolute Gasteiger partial charge is 0.467 e. The molecule has 0 aliphatic carbocycles. The summed E-state index contributed by atoms with van der Waals surface area (Å²) in [5.41, 5.74) is 1.29. The molecule has 1 aliphatic rings. The quantitative estimate of drug-likeness (QED) is 0.245. The van der Waals surface area contributed by atoms with Crippen LogP contribution in [0.1, 0.15) is 82.6 Å². The lowest BCUT2D eigenvalue weighted by molar-refractivity contribution is -0.162. The van der Waals surface area contributed by atoms with Crippen molar-refractivity contribution in [2.75, 3.05) is 27.1 Å². The smallest absolute Gasteiger partial charge is 0.188 e. The maximum atomic E-state index is 5.78. The van der Waals surface area contributed by atoms with Gasteiger partial charge in [0.15, 0.2) is 13.1 Å². The van der Waals surface area contributed by atoms with Crippen molar-refractivity contribution in [1.82, 2.24) is 0 Å². The van der Waals surface area contributed by atoms with Gasteiger partial charge in [-0.25, -0.2) is 0 Å². The third-order valence-electron chi connectivity index (χ3n) is 5.34. The Morgan fingerprint density at radius 3 is 2.32 bits per heavy atom. The van der Waals surface area contributed by atoms with E-state index in [4.69, 9.17) is 18.9 Å². The molecule has 1 fully saturated rings. The zero-order valence-electron chi connectivity index (χ0n) is 17.8. The highest BCUT2D eigenvalue weighted by molar-refractivity contribution is 5.33. The first-order valence-corrected chi connectivity index (χ1v) is 11.3. The van der Waals surface area contributed by atoms with Crippen molar-refractivity contribution in [3.8, 4) is 5.75 Å². The molecular formula is C24H40O4. The van der Waals surface area contributed by atoms with Crippen LogP contribution in [0.25, 0.3) is 0 Å². The van der Waals surface area contributed by atoms with Crippen LogP contribution in [0.3, 0.4) is 0 Å². The van der Waals surface area contributed by atoms with Crippen LogP contribution in [0, 0.1) is 0 Å². The molecule has 4 nitrogen and oxygen atoms in total. The number of benzene rings is 1. The molecule has 0 saturated carbocycles. The summed E-state index contributed by atoms with van der Waals surface area (Å²) in [6.45, 7) is 2.05. The average Bonchev–Trinajstić information content (AvgIpc) is 2.74. The van der Waals surface area contributed by atoms with Gasteiger partial charge in [-0.2, -0.15) is 0 Å². The molecule has 1 heterocycles. The van der Waals surface area contributed by atoms with E-state index in [1.165, 1.54) is 76.2 Å². The van der Waals surface area contributed by atoms with Crippen molar-refractivity contribution in [2.24, 2.45) is 0 Å². The van der Waals surface area contributed by atoms with Crippen LogP contribution < -0.4 is 4.74 Å². The minimum Gasteiger partial charge on any atom is -0.467 e. The van der Waals surface area contributed by atoms with Crippen LogP contribution in [0.4, 0.5) is 0 Å². The monoisotopic (exact) mass is 392 g/mol. The van der Waals surface area contributed by atoms with E-state index in [0.717, 1.165) is 31.8 Å². The molecule has 0 aromatic heterocycles. The van der Waals surface area contributed by atoms with Gasteiger partial charge in [0, 0.05) is 20.3 Å². The van der Waals surface area contributed by atoms with Crippen molar-refractivity contribution < 1.29 is 18.9 Å². The van der Waals surface area contributed by atoms with Crippen LogP contribution in [-0.4, -0.2) is 33.4 Å². The Balaban J connectivity index is 1.37. The lowest BCUT2D eigenvalue weighted by Gasteiger charge is -2.22. The summed E-state index contributed by atoms with van der Waals surface area (Å²) < 4.78 is 22.0. The maximum absolute atomic E-state index is 5.78. The molecule has 1 aromatic carbocycles. The molecule has 1 aromatic rings. The summed E-state index contributed by atoms with van der Waals surface area (Å²) in [4.78, 5) is 0. The molecule has 1 unspecified atom stereocenters. The first kappa shape index (κ1) is 23.2. The SMILES string of the molecule is COCOc1ccccc1CCCCCCCCCCCOC1CCCCO1. The Labute approximate surface area is 171 Å². The normalized spacial score (nSPS) is 17.0. The number of unbranched alkanes of at least 4 members (excludes halogenated alkanes) is 8. The molecule has 0 spiro atoms. The van der Waals surface area contributed by atoms with Crippen LogP contribution >= 0.6 is 0 Å². The third kappa shape index (κ3) is 10.4. The highest BCUT2D eigenvalue weighted by atomic mass is 16.7. The fraction of sp³-hybridized carbons (Fsp3) is 0.750. The van der Waals surface area contributed by atoms with Crippen molar-refractivity contribution in [3.63, 3.8) is 0 Å². The second-order valence-electron chi connectivity index (χ2n) is 7.76. The van der Waals surface area contributed by atoms with Gasteiger partial charge in [0.1, 0.15) is 5.75 Å². The molecule has 1 saturated heterocycles. The summed E-state index contributed by atoms with van der Waals surface area (Å²) in [5, 5.41) is 0. The Morgan fingerprint density at radius 2 is 1.61 bits per heavy atom. The molecule has 28 heavy (non-hydrogen) atoms. The predicted octanol–water partition coefficient (Wildman–Crippen LogP) is 6.27. The van der Waals surface area contributed by atoms with Gasteiger partial charge in [-0.3, -0.25) is 0 Å². The molecule has 1 aliphatic heterocycles. The summed E-state index contributed by atoms with van der Waals surface area (Å²) >= 11 is 0. The Morgan fingerprint density at radius 1 is 0.893 bits per heavy atom. The van der Waals surface area contributed by atoms with Gasteiger partial charge in [-0.1, -0.05) is 63.1 Å². The Kier molecular flexibility index (Phi) is 13.1. The standard InChI is InChI=1S/C24H40O4/c1-25-21-28-23-17-11-10-16-22(23)15-9-7-5-3-2-4-6-8-13-19-26-24-18-12-14-20-27-24/h10-11,16-17,24H,2-9,12-15,18-21H2,1H3. The van der Waals surface area contributed by atoms with Gasteiger partial charge >= 0.3 is 0 Å². The lowest BCUT2D eigenvalue weighted by atomic mass is 10.0. The van der Waals surface area contributed by atoms with E-state index in [-0.39, 0.29) is 6.29 Å². The van der Waals surface area contributed by atoms with E-state index in [2.05, 4.69) is 12.1 Å². The van der Waals surface area contributed by atoms with E-state index in [9.17, 15) is 0 Å². The van der Waals surface area contributed by atoms with E-state index < -0.39 is 0 Å². The van der Waals surface area contributed by atoms with Crippen molar-refractivity contribution in [2.45, 2.75) is 89.8 Å². The predicted molar refractivity (Wildman–Crippen MR) is 114 cm³/mol. The maximum Gasteiger partial charge on any atom is 0.188 e. The van der Waals surface area contributed by atoms with Crippen LogP contribution in [-0.2, 0) is 20.6 Å². The van der Waals surface area contributed by atoms with Gasteiger partial charge < -0.3 is 18.9 Å². The number of ether oxygens (including phenoxy) is 4. The lowest BCUT2D eigenvalue weighted by Crippen LogP contribution is -2.22. The van der Waals surface area contributed by atoms with Gasteiger partial charge in [0.25, 0.3) is 0 Å². The first-order valence-electron chi connectivity index (χ1n) is 11.3. The molecule has 4 heteroatoms. The van der Waals surface area contributed by atoms with E-state index >= 15 is 0 Å². The zero-order valence-corrected chi connectivity index (χ0v) is 17.8. The fourth-order valence-electron chi connectivity index (χ4n) is 3.69. The molecule has 1 atom stereocenters. The van der Waals surface area contributed by atoms with Crippen LogP contribution in [0.15, 0.2) is 24.3 Å². The fourth-order valence-corrected chi connectivity index (χ4v) is 3.69. The zero-order chi connectivity index (χ0) is 19.7. The number of rotatable bonds is 16. The van der Waals surface area contributed by atoms with Crippen molar-refractivity contribution >= 4 is 0 Å². The van der Waals surface area contributed by atoms with E-state index in [1.54, 1.807) is 7.11 Å². The van der Waals surface area contributed by atoms with Gasteiger partial charge in [-0.15, -0.1) is 0 Å². The summed E-state index contributed by atoms with van der Waals surface area (Å²) in [7, 11) is 1.66. The second kappa shape index (κ2) is 15.8. The van der Waals surface area contributed by atoms with E-state index in [1.807, 2.05) is 12.1 Å². The Hall–Kier alpha value is -1.10. The number of para-hydroxylation sites is 1.